The van der Waals surface area contributed by atoms with Crippen LogP contribution in [-0.2, 0) is 30.3 Å². The molecule has 0 aliphatic rings. The van der Waals surface area contributed by atoms with E-state index in [0.29, 0.717) is 24.9 Å². The molecule has 0 radical (unpaired) electrons. The van der Waals surface area contributed by atoms with Crippen molar-refractivity contribution >= 4 is 29.7 Å². The van der Waals surface area contributed by atoms with Crippen molar-refractivity contribution < 1.29 is 28.7 Å². The molecule has 2 aromatic rings. The van der Waals surface area contributed by atoms with Crippen LogP contribution in [-0.4, -0.2) is 61.0 Å². The summed E-state index contributed by atoms with van der Waals surface area (Å²) < 4.78 is 4.95. The molecule has 0 aliphatic carbocycles. The zero-order valence-electron chi connectivity index (χ0n) is 23.4. The number of unbranched alkanes of at least 4 members (excludes halogenated alkanes) is 1. The van der Waals surface area contributed by atoms with Gasteiger partial charge in [0, 0.05) is 6.42 Å². The van der Waals surface area contributed by atoms with Crippen LogP contribution in [0.3, 0.4) is 0 Å². The highest BCUT2D eigenvalue weighted by Crippen LogP contribution is 2.12. The zero-order valence-corrected chi connectivity index (χ0v) is 23.4. The predicted octanol–water partition coefficient (Wildman–Crippen LogP) is 0.805. The minimum absolute atomic E-state index is 0.121. The summed E-state index contributed by atoms with van der Waals surface area (Å²) in [5.74, 6) is -2.59. The predicted molar refractivity (Wildman–Crippen MR) is 153 cm³/mol. The van der Waals surface area contributed by atoms with E-state index in [1.54, 1.807) is 37.3 Å². The summed E-state index contributed by atoms with van der Waals surface area (Å²) in [7, 11) is 0. The van der Waals surface area contributed by atoms with E-state index in [1.165, 1.54) is 6.92 Å². The van der Waals surface area contributed by atoms with Crippen molar-refractivity contribution in [3.8, 4) is 0 Å². The molecule has 2 aromatic carbocycles. The average molecular weight is 569 g/mol. The second-order valence-electron chi connectivity index (χ2n) is 9.44. The molecule has 0 fully saturated rings. The first-order valence-corrected chi connectivity index (χ1v) is 13.6. The molecule has 0 saturated heterocycles. The van der Waals surface area contributed by atoms with E-state index in [9.17, 15) is 24.0 Å². The summed E-state index contributed by atoms with van der Waals surface area (Å²) >= 11 is 0. The molecule has 41 heavy (non-hydrogen) atoms. The largest absolute Gasteiger partial charge is 0.450 e. The molecule has 0 saturated carbocycles. The van der Waals surface area contributed by atoms with Gasteiger partial charge in [0.25, 0.3) is 0 Å². The summed E-state index contributed by atoms with van der Waals surface area (Å²) in [5, 5.41) is 10.4. The first-order chi connectivity index (χ1) is 19.7. The number of alkyl carbamates (subject to hydrolysis) is 1. The quantitative estimate of drug-likeness (QED) is 0.161. The van der Waals surface area contributed by atoms with Gasteiger partial charge < -0.3 is 37.5 Å². The minimum atomic E-state index is -1.09. The number of hydrogen-bond acceptors (Lipinski definition) is 7. The maximum absolute atomic E-state index is 13.3. The molecule has 0 bridgehead atoms. The van der Waals surface area contributed by atoms with Gasteiger partial charge in [-0.3, -0.25) is 19.2 Å². The van der Waals surface area contributed by atoms with Gasteiger partial charge in [0.15, 0.2) is 0 Å². The van der Waals surface area contributed by atoms with Gasteiger partial charge in [0.05, 0.1) is 6.61 Å². The van der Waals surface area contributed by atoms with Crippen LogP contribution in [0, 0.1) is 0 Å². The highest BCUT2D eigenvalue weighted by Gasteiger charge is 2.30. The van der Waals surface area contributed by atoms with Gasteiger partial charge in [-0.15, -0.1) is 0 Å². The molecule has 12 nitrogen and oxygen atoms in total. The molecule has 0 aromatic heterocycles. The molecule has 0 heterocycles. The Hall–Kier alpha value is -4.45. The van der Waals surface area contributed by atoms with Crippen molar-refractivity contribution in [3.63, 3.8) is 0 Å². The Morgan fingerprint density at radius 1 is 0.780 bits per heavy atom. The van der Waals surface area contributed by atoms with E-state index >= 15 is 0 Å². The smallest absolute Gasteiger partial charge is 0.407 e. The lowest BCUT2D eigenvalue weighted by Crippen LogP contribution is -2.57. The number of hydrogen-bond donors (Lipinski definition) is 6. The maximum atomic E-state index is 13.3. The van der Waals surface area contributed by atoms with Crippen LogP contribution in [0.4, 0.5) is 4.79 Å². The number of ether oxygens (including phenoxy) is 1. The van der Waals surface area contributed by atoms with Crippen molar-refractivity contribution in [2.75, 3.05) is 13.2 Å². The maximum Gasteiger partial charge on any atom is 0.407 e. The van der Waals surface area contributed by atoms with E-state index in [2.05, 4.69) is 21.3 Å². The molecule has 222 valence electrons. The van der Waals surface area contributed by atoms with Crippen molar-refractivity contribution in [3.05, 3.63) is 71.8 Å². The Bertz CT molecular complexity index is 1150. The Morgan fingerprint density at radius 3 is 1.98 bits per heavy atom. The topological polar surface area (TPSA) is 195 Å². The van der Waals surface area contributed by atoms with Crippen LogP contribution in [0.15, 0.2) is 60.7 Å². The Balaban J connectivity index is 2.14. The third kappa shape index (κ3) is 11.3. The highest BCUT2D eigenvalue weighted by molar-refractivity contribution is 5.95. The van der Waals surface area contributed by atoms with Crippen molar-refractivity contribution in [1.82, 2.24) is 21.3 Å². The van der Waals surface area contributed by atoms with E-state index in [4.69, 9.17) is 16.2 Å². The summed E-state index contributed by atoms with van der Waals surface area (Å²) in [5.41, 5.74) is 12.4. The lowest BCUT2D eigenvalue weighted by molar-refractivity contribution is -0.133. The Kier molecular flexibility index (Phi) is 13.8. The molecular formula is C29H40N6O6. The van der Waals surface area contributed by atoms with E-state index < -0.39 is 53.9 Å². The zero-order chi connectivity index (χ0) is 30.2. The number of carbonyl (C=O) groups excluding carboxylic acids is 5. The minimum Gasteiger partial charge on any atom is -0.450 e. The number of benzene rings is 2. The molecule has 5 amide bonds. The van der Waals surface area contributed by atoms with Crippen LogP contribution in [0.25, 0.3) is 0 Å². The molecular weight excluding hydrogens is 528 g/mol. The number of amides is 5. The standard InChI is InChI=1S/C29H40N6O6/c1-3-41-29(40)34-23(18-20-12-6-4-7-13-20)28(39)33-22(16-10-11-17-30)27(38)32-19(2)26(37)35-24(25(31)36)21-14-8-5-9-15-21/h4-9,12-15,19,22-24H,3,10-11,16-18,30H2,1-2H3,(H2,31,36)(H,32,38)(H,33,39)(H,34,40)(H,35,37)/t19-,22-,23-,24-/m0/s1. The fourth-order valence-electron chi connectivity index (χ4n) is 4.02. The van der Waals surface area contributed by atoms with E-state index in [1.807, 2.05) is 30.3 Å². The number of carbonyl (C=O) groups is 5. The fourth-order valence-corrected chi connectivity index (χ4v) is 4.02. The number of primary amides is 1. The van der Waals surface area contributed by atoms with Gasteiger partial charge >= 0.3 is 6.09 Å². The molecule has 12 heteroatoms. The van der Waals surface area contributed by atoms with Crippen LogP contribution < -0.4 is 32.7 Å². The third-order valence-electron chi connectivity index (χ3n) is 6.20. The van der Waals surface area contributed by atoms with Gasteiger partial charge in [-0.1, -0.05) is 60.7 Å². The third-order valence-corrected chi connectivity index (χ3v) is 6.20. The average Bonchev–Trinajstić information content (AvgIpc) is 2.95. The normalized spacial score (nSPS) is 13.5. The summed E-state index contributed by atoms with van der Waals surface area (Å²) in [6.45, 7) is 3.62. The molecule has 0 unspecified atom stereocenters. The van der Waals surface area contributed by atoms with Crippen LogP contribution >= 0.6 is 0 Å². The lowest BCUT2D eigenvalue weighted by atomic mass is 10.0. The van der Waals surface area contributed by atoms with E-state index in [-0.39, 0.29) is 19.4 Å². The first kappa shape index (κ1) is 32.8. The Morgan fingerprint density at radius 2 is 1.39 bits per heavy atom. The summed E-state index contributed by atoms with van der Waals surface area (Å²) in [4.78, 5) is 63.6. The SMILES string of the molecule is CCOC(=O)N[C@@H](Cc1ccccc1)C(=O)N[C@@H](CCCCN)C(=O)N[C@@H](C)C(=O)N[C@H](C(N)=O)c1ccccc1. The molecule has 0 aliphatic heterocycles. The number of rotatable bonds is 16. The lowest BCUT2D eigenvalue weighted by Gasteiger charge is -2.25. The van der Waals surface area contributed by atoms with Gasteiger partial charge in [-0.05, 0) is 50.8 Å². The van der Waals surface area contributed by atoms with Crippen molar-refractivity contribution in [1.29, 1.82) is 0 Å². The van der Waals surface area contributed by atoms with Crippen LogP contribution in [0.5, 0.6) is 0 Å². The molecule has 4 atom stereocenters. The van der Waals surface area contributed by atoms with E-state index in [0.717, 1.165) is 5.56 Å². The van der Waals surface area contributed by atoms with Crippen molar-refractivity contribution in [2.24, 2.45) is 11.5 Å². The monoisotopic (exact) mass is 568 g/mol. The van der Waals surface area contributed by atoms with Crippen LogP contribution in [0.2, 0.25) is 0 Å². The summed E-state index contributed by atoms with van der Waals surface area (Å²) in [6, 6.07) is 13.4. The number of nitrogens with two attached hydrogens (primary N) is 2. The first-order valence-electron chi connectivity index (χ1n) is 13.6. The molecule has 0 spiro atoms. The molecule has 2 rings (SSSR count). The molecule has 8 N–H and O–H groups in total. The highest BCUT2D eigenvalue weighted by atomic mass is 16.5. The van der Waals surface area contributed by atoms with Crippen LogP contribution in [0.1, 0.15) is 50.3 Å². The van der Waals surface area contributed by atoms with Gasteiger partial charge in [-0.25, -0.2) is 4.79 Å². The Labute approximate surface area is 239 Å². The fraction of sp³-hybridized carbons (Fsp3) is 0.414. The van der Waals surface area contributed by atoms with Gasteiger partial charge in [-0.2, -0.15) is 0 Å². The second-order valence-corrected chi connectivity index (χ2v) is 9.44. The number of nitrogens with one attached hydrogen (secondary N) is 4. The van der Waals surface area contributed by atoms with Crippen molar-refractivity contribution in [2.45, 2.75) is 63.7 Å². The second kappa shape index (κ2) is 17.3. The van der Waals surface area contributed by atoms with Gasteiger partial charge in [0.2, 0.25) is 23.6 Å². The summed E-state index contributed by atoms with van der Waals surface area (Å²) in [6.07, 6.45) is 0.785. The van der Waals surface area contributed by atoms with Gasteiger partial charge in [0.1, 0.15) is 24.2 Å².